The van der Waals surface area contributed by atoms with E-state index in [0.717, 1.165) is 16.7 Å². The van der Waals surface area contributed by atoms with Crippen molar-refractivity contribution in [3.05, 3.63) is 89.5 Å². The van der Waals surface area contributed by atoms with Crippen LogP contribution in [0.5, 0.6) is 0 Å². The van der Waals surface area contributed by atoms with Gasteiger partial charge in [0.2, 0.25) is 0 Å². The van der Waals surface area contributed by atoms with Crippen LogP contribution in [0, 0.1) is 19.7 Å². The Kier molecular flexibility index (Phi) is 7.72. The largest absolute Gasteiger partial charge is 0.367 e. The van der Waals surface area contributed by atoms with E-state index in [1.807, 2.05) is 55.1 Å². The quantitative estimate of drug-likeness (QED) is 0.534. The Morgan fingerprint density at radius 1 is 1.00 bits per heavy atom. The van der Waals surface area contributed by atoms with E-state index in [1.54, 1.807) is 24.5 Å². The minimum absolute atomic E-state index is 0.163. The molecule has 2 heterocycles. The van der Waals surface area contributed by atoms with E-state index < -0.39 is 11.8 Å². The lowest BCUT2D eigenvalue weighted by Crippen LogP contribution is -2.50. The van der Waals surface area contributed by atoms with Gasteiger partial charge in [-0.05, 0) is 54.8 Å². The second-order valence-corrected chi connectivity index (χ2v) is 8.76. The highest BCUT2D eigenvalue weighted by Crippen LogP contribution is 2.25. The fourth-order valence-electron chi connectivity index (χ4n) is 4.33. The second kappa shape index (κ2) is 11.1. The molecule has 1 saturated heterocycles. The highest BCUT2D eigenvalue weighted by Gasteiger charge is 2.27. The number of rotatable bonds is 6. The molecule has 35 heavy (non-hydrogen) atoms. The molecule has 4 rings (SSSR count). The summed E-state index contributed by atoms with van der Waals surface area (Å²) in [7, 11) is 0. The summed E-state index contributed by atoms with van der Waals surface area (Å²) in [6.07, 6.45) is 3.48. The number of benzene rings is 2. The van der Waals surface area contributed by atoms with Crippen LogP contribution in [0.3, 0.4) is 0 Å². The van der Waals surface area contributed by atoms with Crippen molar-refractivity contribution in [1.82, 2.24) is 15.2 Å². The average molecular weight is 476 g/mol. The molecule has 0 saturated carbocycles. The Bertz CT molecular complexity index is 1180. The number of amides is 2. The van der Waals surface area contributed by atoms with Gasteiger partial charge in [-0.1, -0.05) is 30.3 Å². The molecule has 2 amide bonds. The summed E-state index contributed by atoms with van der Waals surface area (Å²) in [6, 6.07) is 16.1. The summed E-state index contributed by atoms with van der Waals surface area (Å²) >= 11 is 0. The van der Waals surface area contributed by atoms with E-state index in [9.17, 15) is 14.0 Å². The van der Waals surface area contributed by atoms with E-state index in [2.05, 4.69) is 20.5 Å². The lowest BCUT2D eigenvalue weighted by atomic mass is 10.1. The summed E-state index contributed by atoms with van der Waals surface area (Å²) in [4.78, 5) is 33.7. The maximum Gasteiger partial charge on any atom is 0.313 e. The summed E-state index contributed by atoms with van der Waals surface area (Å²) in [5.74, 6) is -1.62. The molecule has 7 nitrogen and oxygen atoms in total. The lowest BCUT2D eigenvalue weighted by Gasteiger charge is -2.40. The Morgan fingerprint density at radius 3 is 2.49 bits per heavy atom. The van der Waals surface area contributed by atoms with Gasteiger partial charge in [0.25, 0.3) is 0 Å². The number of carbonyl (C=O) groups excluding carboxylic acids is 2. The molecule has 1 aromatic heterocycles. The molecule has 0 bridgehead atoms. The zero-order valence-electron chi connectivity index (χ0n) is 20.0. The van der Waals surface area contributed by atoms with Crippen molar-refractivity contribution in [2.24, 2.45) is 0 Å². The first-order chi connectivity index (χ1) is 16.9. The van der Waals surface area contributed by atoms with Crippen molar-refractivity contribution in [2.75, 3.05) is 42.9 Å². The van der Waals surface area contributed by atoms with E-state index >= 15 is 0 Å². The summed E-state index contributed by atoms with van der Waals surface area (Å²) in [5.41, 5.74) is 4.05. The second-order valence-electron chi connectivity index (χ2n) is 8.76. The first-order valence-corrected chi connectivity index (χ1v) is 11.7. The smallest absolute Gasteiger partial charge is 0.313 e. The first-order valence-electron chi connectivity index (χ1n) is 11.7. The Balaban J connectivity index is 1.40. The monoisotopic (exact) mass is 475 g/mol. The summed E-state index contributed by atoms with van der Waals surface area (Å²) in [5, 5.41) is 5.49. The van der Waals surface area contributed by atoms with Crippen LogP contribution in [-0.2, 0) is 9.59 Å². The zero-order chi connectivity index (χ0) is 24.8. The molecule has 2 aromatic carbocycles. The minimum Gasteiger partial charge on any atom is -0.367 e. The third-order valence-corrected chi connectivity index (χ3v) is 6.32. The van der Waals surface area contributed by atoms with Crippen molar-refractivity contribution in [3.8, 4) is 0 Å². The molecule has 8 heteroatoms. The molecule has 0 spiro atoms. The van der Waals surface area contributed by atoms with Gasteiger partial charge in [-0.15, -0.1) is 0 Å². The predicted octanol–water partition coefficient (Wildman–Crippen LogP) is 3.46. The molecule has 1 aliphatic rings. The van der Waals surface area contributed by atoms with Gasteiger partial charge < -0.3 is 15.5 Å². The Labute approximate surface area is 205 Å². The maximum atomic E-state index is 14.2. The molecule has 1 unspecified atom stereocenters. The van der Waals surface area contributed by atoms with Gasteiger partial charge in [0.05, 0.1) is 11.7 Å². The molecule has 0 aliphatic carbocycles. The summed E-state index contributed by atoms with van der Waals surface area (Å²) < 4.78 is 14.2. The number of aryl methyl sites for hydroxylation is 2. The van der Waals surface area contributed by atoms with Gasteiger partial charge in [0.15, 0.2) is 0 Å². The van der Waals surface area contributed by atoms with Gasteiger partial charge in [-0.25, -0.2) is 4.39 Å². The number of halogens is 1. The van der Waals surface area contributed by atoms with Gasteiger partial charge in [-0.2, -0.15) is 0 Å². The van der Waals surface area contributed by atoms with Crippen LogP contribution in [0.15, 0.2) is 67.0 Å². The predicted molar refractivity (Wildman–Crippen MR) is 135 cm³/mol. The van der Waals surface area contributed by atoms with Crippen LogP contribution in [-0.4, -0.2) is 54.4 Å². The number of nitrogens with one attached hydrogen (secondary N) is 2. The standard InChI is InChI=1S/C27H30FN5O2/c1-19-9-10-20(2)23(16-19)31-27(35)26(34)30-18-25(21-6-5-11-29-17-21)33-14-12-32(13-15-33)24-8-4-3-7-22(24)28/h3-11,16-17,25H,12-15,18H2,1-2H3,(H,30,34)(H,31,35). The van der Waals surface area contributed by atoms with E-state index in [4.69, 9.17) is 0 Å². The van der Waals surface area contributed by atoms with Crippen LogP contribution in [0.25, 0.3) is 0 Å². The normalized spacial score (nSPS) is 14.9. The van der Waals surface area contributed by atoms with Crippen LogP contribution in [0.2, 0.25) is 0 Å². The molecule has 0 radical (unpaired) electrons. The topological polar surface area (TPSA) is 77.6 Å². The third-order valence-electron chi connectivity index (χ3n) is 6.32. The number of aromatic nitrogens is 1. The SMILES string of the molecule is Cc1ccc(C)c(NC(=O)C(=O)NCC(c2cccnc2)N2CCN(c3ccccc3F)CC2)c1. The molecule has 182 valence electrons. The molecule has 1 atom stereocenters. The maximum absolute atomic E-state index is 14.2. The van der Waals surface area contributed by atoms with Crippen LogP contribution in [0.4, 0.5) is 15.8 Å². The fraction of sp³-hybridized carbons (Fsp3) is 0.296. The number of hydrogen-bond donors (Lipinski definition) is 2. The van der Waals surface area contributed by atoms with Gasteiger partial charge in [-0.3, -0.25) is 19.5 Å². The van der Waals surface area contributed by atoms with Gasteiger partial charge >= 0.3 is 11.8 Å². The van der Waals surface area contributed by atoms with Crippen molar-refractivity contribution in [2.45, 2.75) is 19.9 Å². The number of anilines is 2. The van der Waals surface area contributed by atoms with Crippen LogP contribution in [0.1, 0.15) is 22.7 Å². The number of carbonyl (C=O) groups is 2. The summed E-state index contributed by atoms with van der Waals surface area (Å²) in [6.45, 7) is 6.73. The highest BCUT2D eigenvalue weighted by molar-refractivity contribution is 6.39. The van der Waals surface area contributed by atoms with Gasteiger partial charge in [0.1, 0.15) is 5.82 Å². The molecule has 1 fully saturated rings. The fourth-order valence-corrected chi connectivity index (χ4v) is 4.33. The van der Waals surface area contributed by atoms with Crippen molar-refractivity contribution < 1.29 is 14.0 Å². The minimum atomic E-state index is -0.701. The zero-order valence-corrected chi connectivity index (χ0v) is 20.0. The van der Waals surface area contributed by atoms with E-state index in [1.165, 1.54) is 6.07 Å². The van der Waals surface area contributed by atoms with Crippen LogP contribution >= 0.6 is 0 Å². The molecule has 3 aromatic rings. The average Bonchev–Trinajstić information content (AvgIpc) is 2.87. The number of hydrogen-bond acceptors (Lipinski definition) is 5. The number of pyridine rings is 1. The highest BCUT2D eigenvalue weighted by atomic mass is 19.1. The Morgan fingerprint density at radius 2 is 1.77 bits per heavy atom. The third kappa shape index (κ3) is 6.02. The van der Waals surface area contributed by atoms with E-state index in [0.29, 0.717) is 37.6 Å². The number of para-hydroxylation sites is 1. The number of piperazine rings is 1. The number of nitrogens with zero attached hydrogens (tertiary/aromatic N) is 3. The molecular weight excluding hydrogens is 445 g/mol. The Hall–Kier alpha value is -3.78. The van der Waals surface area contributed by atoms with Crippen LogP contribution < -0.4 is 15.5 Å². The lowest BCUT2D eigenvalue weighted by molar-refractivity contribution is -0.136. The van der Waals surface area contributed by atoms with Crippen molar-refractivity contribution in [3.63, 3.8) is 0 Å². The first kappa shape index (κ1) is 24.3. The van der Waals surface area contributed by atoms with E-state index in [-0.39, 0.29) is 18.4 Å². The van der Waals surface area contributed by atoms with Crippen molar-refractivity contribution in [1.29, 1.82) is 0 Å². The molecular formula is C27H30FN5O2. The van der Waals surface area contributed by atoms with Gasteiger partial charge in [0, 0.05) is 50.8 Å². The van der Waals surface area contributed by atoms with Crippen molar-refractivity contribution >= 4 is 23.2 Å². The molecule has 2 N–H and O–H groups in total. The molecule has 1 aliphatic heterocycles.